The fraction of sp³-hybridized carbons (Fsp3) is 0.625. The maximum absolute atomic E-state index is 5.37. The molecule has 1 aromatic carbocycles. The van der Waals surface area contributed by atoms with Crippen LogP contribution in [-0.2, 0) is 11.3 Å². The first kappa shape index (κ1) is 14.5. The van der Waals surface area contributed by atoms with Gasteiger partial charge in [-0.25, -0.2) is 0 Å². The topological polar surface area (TPSA) is 24.5 Å². The van der Waals surface area contributed by atoms with E-state index in [4.69, 9.17) is 4.74 Å². The number of hydrogen-bond acceptors (Lipinski definition) is 3. The molecule has 3 heteroatoms. The molecule has 0 amide bonds. The van der Waals surface area contributed by atoms with Crippen molar-refractivity contribution in [2.75, 3.05) is 32.8 Å². The lowest BCUT2D eigenvalue weighted by molar-refractivity contribution is 0.0343. The normalized spacial score (nSPS) is 18.5. The molecule has 1 unspecified atom stereocenters. The molecule has 0 aromatic heterocycles. The van der Waals surface area contributed by atoms with Crippen molar-refractivity contribution in [3.63, 3.8) is 0 Å². The van der Waals surface area contributed by atoms with E-state index >= 15 is 0 Å². The lowest BCUT2D eigenvalue weighted by atomic mass is 10.1. The molecule has 19 heavy (non-hydrogen) atoms. The Bertz CT molecular complexity index is 400. The van der Waals surface area contributed by atoms with Gasteiger partial charge in [0.25, 0.3) is 0 Å². The van der Waals surface area contributed by atoms with Gasteiger partial charge in [-0.15, -0.1) is 0 Å². The van der Waals surface area contributed by atoms with Gasteiger partial charge in [0, 0.05) is 32.2 Å². The minimum Gasteiger partial charge on any atom is -0.379 e. The first-order chi connectivity index (χ1) is 9.15. The molecule has 106 valence electrons. The van der Waals surface area contributed by atoms with Gasteiger partial charge in [-0.2, -0.15) is 0 Å². The Morgan fingerprint density at radius 3 is 2.63 bits per heavy atom. The summed E-state index contributed by atoms with van der Waals surface area (Å²) in [6.07, 6.45) is 0. The summed E-state index contributed by atoms with van der Waals surface area (Å²) < 4.78 is 5.37. The number of hydrogen-bond donors (Lipinski definition) is 1. The lowest BCUT2D eigenvalue weighted by Gasteiger charge is -2.29. The second-order valence-electron chi connectivity index (χ2n) is 5.61. The molecule has 0 aliphatic carbocycles. The van der Waals surface area contributed by atoms with Gasteiger partial charge in [0.1, 0.15) is 0 Å². The third-order valence-electron chi connectivity index (χ3n) is 3.86. The van der Waals surface area contributed by atoms with E-state index in [1.54, 1.807) is 0 Å². The van der Waals surface area contributed by atoms with Gasteiger partial charge in [0.05, 0.1) is 13.2 Å². The first-order valence-electron chi connectivity index (χ1n) is 7.25. The molecule has 0 radical (unpaired) electrons. The van der Waals surface area contributed by atoms with Crippen molar-refractivity contribution >= 4 is 0 Å². The molecule has 1 aliphatic heterocycles. The maximum atomic E-state index is 5.37. The number of nitrogens with zero attached hydrogens (tertiary/aromatic N) is 1. The average Bonchev–Trinajstić information content (AvgIpc) is 2.41. The molecule has 1 saturated heterocycles. The van der Waals surface area contributed by atoms with Crippen LogP contribution in [0.5, 0.6) is 0 Å². The number of morpholine rings is 1. The van der Waals surface area contributed by atoms with Crippen molar-refractivity contribution in [2.45, 2.75) is 33.4 Å². The molecule has 1 aliphatic rings. The third-order valence-corrected chi connectivity index (χ3v) is 3.86. The van der Waals surface area contributed by atoms with Crippen LogP contribution < -0.4 is 5.32 Å². The molecule has 0 bridgehead atoms. The van der Waals surface area contributed by atoms with E-state index in [2.05, 4.69) is 49.2 Å². The zero-order valence-corrected chi connectivity index (χ0v) is 12.4. The highest BCUT2D eigenvalue weighted by Crippen LogP contribution is 2.09. The number of nitrogens with one attached hydrogen (secondary N) is 1. The van der Waals surface area contributed by atoms with E-state index < -0.39 is 0 Å². The van der Waals surface area contributed by atoms with E-state index in [1.807, 2.05) is 0 Å². The zero-order valence-electron chi connectivity index (χ0n) is 12.4. The summed E-state index contributed by atoms with van der Waals surface area (Å²) in [5.41, 5.74) is 4.11. The van der Waals surface area contributed by atoms with E-state index in [9.17, 15) is 0 Å². The van der Waals surface area contributed by atoms with Gasteiger partial charge in [-0.1, -0.05) is 18.2 Å². The SMILES string of the molecule is Cc1ccc(CNC(C)CN2CCOCC2)cc1C. The molecule has 0 spiro atoms. The molecule has 1 N–H and O–H groups in total. The fourth-order valence-corrected chi connectivity index (χ4v) is 2.44. The van der Waals surface area contributed by atoms with Crippen molar-refractivity contribution in [1.29, 1.82) is 0 Å². The van der Waals surface area contributed by atoms with Crippen molar-refractivity contribution in [2.24, 2.45) is 0 Å². The Morgan fingerprint density at radius 1 is 1.21 bits per heavy atom. The summed E-state index contributed by atoms with van der Waals surface area (Å²) in [4.78, 5) is 2.47. The summed E-state index contributed by atoms with van der Waals surface area (Å²) in [5, 5.41) is 3.61. The summed E-state index contributed by atoms with van der Waals surface area (Å²) >= 11 is 0. The van der Waals surface area contributed by atoms with Gasteiger partial charge >= 0.3 is 0 Å². The van der Waals surface area contributed by atoms with Crippen LogP contribution in [0, 0.1) is 13.8 Å². The minimum atomic E-state index is 0.514. The van der Waals surface area contributed by atoms with Gasteiger partial charge in [0.2, 0.25) is 0 Å². The predicted octanol–water partition coefficient (Wildman–Crippen LogP) is 2.11. The van der Waals surface area contributed by atoms with Crippen molar-refractivity contribution in [1.82, 2.24) is 10.2 Å². The minimum absolute atomic E-state index is 0.514. The van der Waals surface area contributed by atoms with Crippen molar-refractivity contribution in [3.8, 4) is 0 Å². The highest BCUT2D eigenvalue weighted by Gasteiger charge is 2.13. The Balaban J connectivity index is 1.75. The van der Waals surface area contributed by atoms with Crippen LogP contribution in [0.25, 0.3) is 0 Å². The lowest BCUT2D eigenvalue weighted by Crippen LogP contribution is -2.44. The predicted molar refractivity (Wildman–Crippen MR) is 79.5 cm³/mol. The van der Waals surface area contributed by atoms with Crippen molar-refractivity contribution < 1.29 is 4.74 Å². The van der Waals surface area contributed by atoms with Crippen LogP contribution in [0.3, 0.4) is 0 Å². The summed E-state index contributed by atoms with van der Waals surface area (Å²) in [5.74, 6) is 0. The highest BCUT2D eigenvalue weighted by molar-refractivity contribution is 5.29. The quantitative estimate of drug-likeness (QED) is 0.879. The molecule has 1 heterocycles. The van der Waals surface area contributed by atoms with Gasteiger partial charge in [-0.05, 0) is 37.5 Å². The number of aryl methyl sites for hydroxylation is 2. The molecule has 0 saturated carbocycles. The van der Waals surface area contributed by atoms with Gasteiger partial charge in [0.15, 0.2) is 0 Å². The standard InChI is InChI=1S/C16H26N2O/c1-13-4-5-16(10-14(13)2)11-17-15(3)12-18-6-8-19-9-7-18/h4-5,10,15,17H,6-9,11-12H2,1-3H3. The van der Waals surface area contributed by atoms with Crippen molar-refractivity contribution in [3.05, 3.63) is 34.9 Å². The average molecular weight is 262 g/mol. The van der Waals surface area contributed by atoms with Crippen LogP contribution in [-0.4, -0.2) is 43.8 Å². The summed E-state index contributed by atoms with van der Waals surface area (Å²) in [6, 6.07) is 7.22. The third kappa shape index (κ3) is 4.60. The number of rotatable bonds is 5. The first-order valence-corrected chi connectivity index (χ1v) is 7.25. The van der Waals surface area contributed by atoms with Crippen LogP contribution in [0.1, 0.15) is 23.6 Å². The van der Waals surface area contributed by atoms with E-state index in [0.29, 0.717) is 6.04 Å². The molecular weight excluding hydrogens is 236 g/mol. The molecule has 2 rings (SSSR count). The number of ether oxygens (including phenoxy) is 1. The van der Waals surface area contributed by atoms with E-state index in [-0.39, 0.29) is 0 Å². The number of benzene rings is 1. The van der Waals surface area contributed by atoms with Crippen LogP contribution in [0.4, 0.5) is 0 Å². The van der Waals surface area contributed by atoms with E-state index in [1.165, 1.54) is 16.7 Å². The van der Waals surface area contributed by atoms with E-state index in [0.717, 1.165) is 39.4 Å². The van der Waals surface area contributed by atoms with Gasteiger partial charge < -0.3 is 10.1 Å². The zero-order chi connectivity index (χ0) is 13.7. The van der Waals surface area contributed by atoms with Gasteiger partial charge in [-0.3, -0.25) is 4.90 Å². The monoisotopic (exact) mass is 262 g/mol. The highest BCUT2D eigenvalue weighted by atomic mass is 16.5. The van der Waals surface area contributed by atoms with Crippen LogP contribution in [0.2, 0.25) is 0 Å². The Labute approximate surface area is 116 Å². The smallest absolute Gasteiger partial charge is 0.0594 e. The van der Waals surface area contributed by atoms with Crippen LogP contribution >= 0.6 is 0 Å². The largest absolute Gasteiger partial charge is 0.379 e. The second kappa shape index (κ2) is 7.04. The molecular formula is C16H26N2O. The Morgan fingerprint density at radius 2 is 1.95 bits per heavy atom. The van der Waals surface area contributed by atoms with Crippen LogP contribution in [0.15, 0.2) is 18.2 Å². The fourth-order valence-electron chi connectivity index (χ4n) is 2.44. The Kier molecular flexibility index (Phi) is 5.37. The molecule has 1 atom stereocenters. The Hall–Kier alpha value is -0.900. The summed E-state index contributed by atoms with van der Waals surface area (Å²) in [7, 11) is 0. The molecule has 1 aromatic rings. The molecule has 1 fully saturated rings. The second-order valence-corrected chi connectivity index (χ2v) is 5.61. The summed E-state index contributed by atoms with van der Waals surface area (Å²) in [6.45, 7) is 12.5. The maximum Gasteiger partial charge on any atom is 0.0594 e. The molecule has 3 nitrogen and oxygen atoms in total.